The molecule has 0 heterocycles. The average molecular weight is 305 g/mol. The number of carbonyl (C=O) groups is 1. The van der Waals surface area contributed by atoms with Gasteiger partial charge in [-0.05, 0) is 25.0 Å². The first-order valence-electron chi connectivity index (χ1n) is 6.40. The highest BCUT2D eigenvalue weighted by molar-refractivity contribution is 5.77. The third-order valence-electron chi connectivity index (χ3n) is 2.59. The van der Waals surface area contributed by atoms with Crippen LogP contribution in [0.1, 0.15) is 11.1 Å². The van der Waals surface area contributed by atoms with E-state index in [2.05, 4.69) is 10.1 Å². The second-order valence-corrected chi connectivity index (χ2v) is 4.53. The number of halogens is 3. The minimum absolute atomic E-state index is 0.00499. The number of para-hydroxylation sites is 1. The summed E-state index contributed by atoms with van der Waals surface area (Å²) in [5.41, 5.74) is 1.83. The molecule has 0 atom stereocenters. The van der Waals surface area contributed by atoms with Crippen LogP contribution in [0.4, 0.5) is 13.2 Å². The van der Waals surface area contributed by atoms with Crippen LogP contribution in [0.5, 0.6) is 5.75 Å². The number of alkyl halides is 3. The number of carbonyl (C=O) groups excluding carboxylic acids is 1. The lowest BCUT2D eigenvalue weighted by molar-refractivity contribution is -0.173. The molecule has 4 nitrogen and oxygen atoms in total. The van der Waals surface area contributed by atoms with Crippen LogP contribution < -0.4 is 10.1 Å². The molecule has 0 unspecified atom stereocenters. The molecule has 1 N–H and O–H groups in total. The lowest BCUT2D eigenvalue weighted by Crippen LogP contribution is -2.32. The molecule has 0 aliphatic heterocycles. The van der Waals surface area contributed by atoms with Crippen molar-refractivity contribution in [2.24, 2.45) is 0 Å². The van der Waals surface area contributed by atoms with Crippen molar-refractivity contribution >= 4 is 5.91 Å². The zero-order chi connectivity index (χ0) is 15.9. The van der Waals surface area contributed by atoms with Crippen molar-refractivity contribution in [3.8, 4) is 5.75 Å². The largest absolute Gasteiger partial charge is 0.483 e. The fourth-order valence-electron chi connectivity index (χ4n) is 1.67. The van der Waals surface area contributed by atoms with Crippen molar-refractivity contribution in [2.75, 3.05) is 26.4 Å². The van der Waals surface area contributed by atoms with Gasteiger partial charge in [0.15, 0.2) is 6.61 Å². The van der Waals surface area contributed by atoms with Gasteiger partial charge in [0.25, 0.3) is 5.91 Å². The Kier molecular flexibility index (Phi) is 6.48. The smallest absolute Gasteiger partial charge is 0.411 e. The number of aryl methyl sites for hydroxylation is 2. The van der Waals surface area contributed by atoms with Crippen LogP contribution in [-0.4, -0.2) is 38.4 Å². The molecule has 0 fully saturated rings. The maximum atomic E-state index is 11.8. The SMILES string of the molecule is Cc1cccc(C)c1OCC(=O)NCCOCC(F)(F)F. The highest BCUT2D eigenvalue weighted by Gasteiger charge is 2.27. The van der Waals surface area contributed by atoms with E-state index < -0.39 is 18.7 Å². The van der Waals surface area contributed by atoms with Crippen LogP contribution in [0.3, 0.4) is 0 Å². The summed E-state index contributed by atoms with van der Waals surface area (Å²) in [6.45, 7) is 2.03. The van der Waals surface area contributed by atoms with Gasteiger partial charge in [0, 0.05) is 6.54 Å². The zero-order valence-electron chi connectivity index (χ0n) is 11.9. The van der Waals surface area contributed by atoms with Gasteiger partial charge in [-0.3, -0.25) is 4.79 Å². The molecule has 0 bridgehead atoms. The first kappa shape index (κ1) is 17.3. The third kappa shape index (κ3) is 6.99. The highest BCUT2D eigenvalue weighted by Crippen LogP contribution is 2.21. The molecular formula is C14H18F3NO3. The Bertz CT molecular complexity index is 455. The Labute approximate surface area is 121 Å². The molecule has 0 aliphatic carbocycles. The number of rotatable bonds is 7. The molecule has 1 rings (SSSR count). The summed E-state index contributed by atoms with van der Waals surface area (Å²) in [5.74, 6) is 0.231. The van der Waals surface area contributed by atoms with Crippen molar-refractivity contribution in [2.45, 2.75) is 20.0 Å². The summed E-state index contributed by atoms with van der Waals surface area (Å²) in [7, 11) is 0. The molecule has 0 radical (unpaired) electrons. The zero-order valence-corrected chi connectivity index (χ0v) is 11.9. The fraction of sp³-hybridized carbons (Fsp3) is 0.500. The topological polar surface area (TPSA) is 47.6 Å². The number of benzene rings is 1. The third-order valence-corrected chi connectivity index (χ3v) is 2.59. The second-order valence-electron chi connectivity index (χ2n) is 4.53. The van der Waals surface area contributed by atoms with Crippen LogP contribution >= 0.6 is 0 Å². The number of hydrogen-bond acceptors (Lipinski definition) is 3. The lowest BCUT2D eigenvalue weighted by Gasteiger charge is -2.12. The van der Waals surface area contributed by atoms with E-state index in [9.17, 15) is 18.0 Å². The van der Waals surface area contributed by atoms with Crippen LogP contribution in [0.25, 0.3) is 0 Å². The molecule has 0 aromatic heterocycles. The first-order valence-corrected chi connectivity index (χ1v) is 6.40. The quantitative estimate of drug-likeness (QED) is 0.787. The van der Waals surface area contributed by atoms with E-state index in [1.165, 1.54) is 0 Å². The van der Waals surface area contributed by atoms with E-state index in [-0.39, 0.29) is 19.8 Å². The summed E-state index contributed by atoms with van der Waals surface area (Å²) in [4.78, 5) is 11.5. The summed E-state index contributed by atoms with van der Waals surface area (Å²) < 4.78 is 45.2. The average Bonchev–Trinajstić information content (AvgIpc) is 2.36. The predicted octanol–water partition coefficient (Wildman–Crippen LogP) is 2.38. The summed E-state index contributed by atoms with van der Waals surface area (Å²) in [6.07, 6.45) is -4.35. The van der Waals surface area contributed by atoms with E-state index in [4.69, 9.17) is 4.74 Å². The maximum absolute atomic E-state index is 11.8. The molecule has 1 amide bonds. The minimum Gasteiger partial charge on any atom is -0.483 e. The molecule has 0 saturated heterocycles. The normalized spacial score (nSPS) is 11.3. The van der Waals surface area contributed by atoms with E-state index >= 15 is 0 Å². The van der Waals surface area contributed by atoms with E-state index in [0.29, 0.717) is 5.75 Å². The van der Waals surface area contributed by atoms with Crippen LogP contribution in [-0.2, 0) is 9.53 Å². The molecule has 21 heavy (non-hydrogen) atoms. The molecule has 0 saturated carbocycles. The molecule has 1 aromatic rings. The van der Waals surface area contributed by atoms with Gasteiger partial charge < -0.3 is 14.8 Å². The summed E-state index contributed by atoms with van der Waals surface area (Å²) >= 11 is 0. The number of hydrogen-bond donors (Lipinski definition) is 1. The Morgan fingerprint density at radius 1 is 1.24 bits per heavy atom. The van der Waals surface area contributed by atoms with Crippen molar-refractivity contribution in [1.82, 2.24) is 5.32 Å². The highest BCUT2D eigenvalue weighted by atomic mass is 19.4. The predicted molar refractivity (Wildman–Crippen MR) is 71.3 cm³/mol. The van der Waals surface area contributed by atoms with Crippen molar-refractivity contribution in [1.29, 1.82) is 0 Å². The van der Waals surface area contributed by atoms with Gasteiger partial charge in [0.05, 0.1) is 6.61 Å². The molecule has 118 valence electrons. The molecule has 0 spiro atoms. The lowest BCUT2D eigenvalue weighted by atomic mass is 10.1. The molecular weight excluding hydrogens is 287 g/mol. The van der Waals surface area contributed by atoms with Gasteiger partial charge in [-0.15, -0.1) is 0 Å². The summed E-state index contributed by atoms with van der Waals surface area (Å²) in [6, 6.07) is 5.62. The number of nitrogens with one attached hydrogen (secondary N) is 1. The summed E-state index contributed by atoms with van der Waals surface area (Å²) in [5, 5.41) is 2.42. The van der Waals surface area contributed by atoms with Gasteiger partial charge in [-0.2, -0.15) is 13.2 Å². The Balaban J connectivity index is 2.23. The van der Waals surface area contributed by atoms with Gasteiger partial charge in [0.2, 0.25) is 0 Å². The van der Waals surface area contributed by atoms with Gasteiger partial charge in [0.1, 0.15) is 12.4 Å². The van der Waals surface area contributed by atoms with Crippen LogP contribution in [0.2, 0.25) is 0 Å². The molecule has 1 aromatic carbocycles. The second kappa shape index (κ2) is 7.87. The van der Waals surface area contributed by atoms with Crippen LogP contribution in [0.15, 0.2) is 18.2 Å². The first-order chi connectivity index (χ1) is 9.79. The molecule has 0 aliphatic rings. The van der Waals surface area contributed by atoms with Crippen molar-refractivity contribution in [3.05, 3.63) is 29.3 Å². The van der Waals surface area contributed by atoms with Crippen molar-refractivity contribution in [3.63, 3.8) is 0 Å². The van der Waals surface area contributed by atoms with Gasteiger partial charge in [-0.1, -0.05) is 18.2 Å². The fourth-order valence-corrected chi connectivity index (χ4v) is 1.67. The maximum Gasteiger partial charge on any atom is 0.411 e. The Hall–Kier alpha value is -1.76. The van der Waals surface area contributed by atoms with E-state index in [0.717, 1.165) is 11.1 Å². The van der Waals surface area contributed by atoms with Crippen molar-refractivity contribution < 1.29 is 27.4 Å². The number of ether oxygens (including phenoxy) is 2. The Morgan fingerprint density at radius 2 is 1.86 bits per heavy atom. The minimum atomic E-state index is -4.35. The van der Waals surface area contributed by atoms with E-state index in [1.54, 1.807) is 0 Å². The molecule has 7 heteroatoms. The monoisotopic (exact) mass is 305 g/mol. The van der Waals surface area contributed by atoms with E-state index in [1.807, 2.05) is 32.0 Å². The number of amides is 1. The standard InChI is InChI=1S/C14H18F3NO3/c1-10-4-3-5-11(2)13(10)21-8-12(19)18-6-7-20-9-14(15,16)17/h3-5H,6-9H2,1-2H3,(H,18,19). The van der Waals surface area contributed by atoms with Gasteiger partial charge in [-0.25, -0.2) is 0 Å². The van der Waals surface area contributed by atoms with Gasteiger partial charge >= 0.3 is 6.18 Å². The Morgan fingerprint density at radius 3 is 2.43 bits per heavy atom. The van der Waals surface area contributed by atoms with Crippen LogP contribution in [0, 0.1) is 13.8 Å².